The molecule has 0 aliphatic carbocycles. The van der Waals surface area contributed by atoms with E-state index < -0.39 is 21.6 Å². The first-order valence-electron chi connectivity index (χ1n) is 3.67. The van der Waals surface area contributed by atoms with Crippen molar-refractivity contribution in [3.63, 3.8) is 0 Å². The lowest BCUT2D eigenvalue weighted by Gasteiger charge is -2.13. The Balaban J connectivity index is 4.12. The van der Waals surface area contributed by atoms with Crippen molar-refractivity contribution in [2.45, 2.75) is 18.6 Å². The molecule has 1 amide bonds. The number of carbonyl (C=O) groups is 1. The lowest BCUT2D eigenvalue weighted by molar-refractivity contribution is 0.153. The van der Waals surface area contributed by atoms with E-state index >= 15 is 0 Å². The molecule has 76 valence electrons. The number of oxime groups is 1. The van der Waals surface area contributed by atoms with Gasteiger partial charge >= 0.3 is 6.09 Å². The Hall–Kier alpha value is -0.910. The Labute approximate surface area is 80.0 Å². The molecule has 0 aromatic rings. The Morgan fingerprint density at radius 2 is 2.15 bits per heavy atom. The minimum absolute atomic E-state index is 0.589. The Morgan fingerprint density at radius 3 is 2.54 bits per heavy atom. The smallest absolute Gasteiger partial charge is 0.323 e. The van der Waals surface area contributed by atoms with Gasteiger partial charge in [-0.25, -0.2) is 4.79 Å². The van der Waals surface area contributed by atoms with E-state index in [0.717, 1.165) is 0 Å². The number of hydrogen-bond acceptors (Lipinski definition) is 4. The van der Waals surface area contributed by atoms with Crippen molar-refractivity contribution in [1.29, 1.82) is 0 Å². The molecule has 0 bridgehead atoms. The molecule has 1 N–H and O–H groups in total. The molecule has 0 aromatic carbocycles. The molecular formula is C7H14N2O3S. The highest BCUT2D eigenvalue weighted by molar-refractivity contribution is 7.86. The van der Waals surface area contributed by atoms with Gasteiger partial charge in [0.25, 0.3) is 0 Å². The van der Waals surface area contributed by atoms with E-state index in [1.165, 1.54) is 13.3 Å². The lowest BCUT2D eigenvalue weighted by atomic mass is 10.2. The predicted octanol–water partition coefficient (Wildman–Crippen LogP) is 0.485. The summed E-state index contributed by atoms with van der Waals surface area (Å²) in [4.78, 5) is 14.9. The number of carbonyl (C=O) groups excluding carboxylic acids is 1. The van der Waals surface area contributed by atoms with Crippen LogP contribution >= 0.6 is 0 Å². The van der Waals surface area contributed by atoms with Crippen molar-refractivity contribution in [3.8, 4) is 0 Å². The number of rotatable bonds is 3. The molecule has 13 heavy (non-hydrogen) atoms. The van der Waals surface area contributed by atoms with Crippen molar-refractivity contribution >= 4 is 23.1 Å². The van der Waals surface area contributed by atoms with Crippen LogP contribution in [0.5, 0.6) is 0 Å². The monoisotopic (exact) mass is 206 g/mol. The van der Waals surface area contributed by atoms with Crippen LogP contribution in [0.4, 0.5) is 4.79 Å². The molecule has 0 fully saturated rings. The van der Waals surface area contributed by atoms with Gasteiger partial charge in [0, 0.05) is 24.1 Å². The van der Waals surface area contributed by atoms with Crippen LogP contribution in [-0.4, -0.2) is 34.6 Å². The third-order valence-corrected chi connectivity index (χ3v) is 3.03. The van der Waals surface area contributed by atoms with E-state index in [0.29, 0.717) is 0 Å². The minimum atomic E-state index is -1.05. The molecule has 0 aromatic heterocycles. The summed E-state index contributed by atoms with van der Waals surface area (Å²) in [5.74, 6) is 0. The highest BCUT2D eigenvalue weighted by Gasteiger charge is 2.20. The van der Waals surface area contributed by atoms with Crippen molar-refractivity contribution in [1.82, 2.24) is 5.32 Å². The zero-order valence-corrected chi connectivity index (χ0v) is 8.97. The summed E-state index contributed by atoms with van der Waals surface area (Å²) in [7, 11) is 0.378. The van der Waals surface area contributed by atoms with Gasteiger partial charge in [0.1, 0.15) is 0 Å². The molecule has 0 aliphatic heterocycles. The summed E-state index contributed by atoms with van der Waals surface area (Å²) < 4.78 is 10.5. The summed E-state index contributed by atoms with van der Waals surface area (Å²) in [6, 6.07) is 0. The summed E-state index contributed by atoms with van der Waals surface area (Å²) >= 11 is 0. The van der Waals surface area contributed by atoms with Gasteiger partial charge in [0.15, 0.2) is 0 Å². The van der Waals surface area contributed by atoms with E-state index in [4.69, 9.17) is 0 Å². The van der Waals surface area contributed by atoms with Gasteiger partial charge in [0.05, 0.1) is 11.0 Å². The van der Waals surface area contributed by atoms with Gasteiger partial charge < -0.3 is 5.32 Å². The molecule has 1 unspecified atom stereocenters. The number of hydrogen-bond donors (Lipinski definition) is 1. The third kappa shape index (κ3) is 4.62. The summed E-state index contributed by atoms with van der Waals surface area (Å²) in [5.41, 5.74) is 0. The van der Waals surface area contributed by atoms with Crippen LogP contribution in [0.1, 0.15) is 13.8 Å². The van der Waals surface area contributed by atoms with E-state index in [-0.39, 0.29) is 0 Å². The standard InChI is InChI=1S/C7H14N2O3S/c1-7(2,13(4)11)5-9-12-6(10)8-3/h5H,1-4H3,(H,8,10)/b9-5-. The Kier molecular flexibility index (Phi) is 4.61. The van der Waals surface area contributed by atoms with E-state index in [1.807, 2.05) is 0 Å². The average Bonchev–Trinajstić information content (AvgIpc) is 2.03. The van der Waals surface area contributed by atoms with Crippen molar-refractivity contribution in [2.75, 3.05) is 13.3 Å². The highest BCUT2D eigenvalue weighted by Crippen LogP contribution is 2.07. The first-order chi connectivity index (χ1) is 5.90. The fourth-order valence-corrected chi connectivity index (χ4v) is 0.512. The van der Waals surface area contributed by atoms with E-state index in [9.17, 15) is 9.00 Å². The Bertz CT molecular complexity index is 238. The molecule has 5 nitrogen and oxygen atoms in total. The van der Waals surface area contributed by atoms with Gasteiger partial charge in [-0.3, -0.25) is 9.05 Å². The van der Waals surface area contributed by atoms with E-state index in [2.05, 4.69) is 15.3 Å². The largest absolute Gasteiger partial charge is 0.433 e. The van der Waals surface area contributed by atoms with Crippen LogP contribution in [0.2, 0.25) is 0 Å². The molecule has 0 radical (unpaired) electrons. The van der Waals surface area contributed by atoms with Crippen molar-refractivity contribution in [3.05, 3.63) is 0 Å². The summed E-state index contributed by atoms with van der Waals surface area (Å²) in [6.45, 7) is 3.47. The molecule has 6 heteroatoms. The molecule has 1 atom stereocenters. The fraction of sp³-hybridized carbons (Fsp3) is 0.714. The van der Waals surface area contributed by atoms with E-state index in [1.54, 1.807) is 20.1 Å². The zero-order valence-electron chi connectivity index (χ0n) is 8.16. The average molecular weight is 206 g/mol. The minimum Gasteiger partial charge on any atom is -0.323 e. The second-order valence-electron chi connectivity index (χ2n) is 2.92. The molecule has 0 spiro atoms. The first-order valence-corrected chi connectivity index (χ1v) is 5.22. The summed E-state index contributed by atoms with van der Waals surface area (Å²) in [6.07, 6.45) is 2.26. The van der Waals surface area contributed by atoms with Gasteiger partial charge in [-0.1, -0.05) is 5.16 Å². The maximum atomic E-state index is 11.1. The predicted molar refractivity (Wildman–Crippen MR) is 52.2 cm³/mol. The third-order valence-electron chi connectivity index (χ3n) is 1.44. The summed E-state index contributed by atoms with van der Waals surface area (Å²) in [5, 5.41) is 5.63. The highest BCUT2D eigenvalue weighted by atomic mass is 32.2. The zero-order chi connectivity index (χ0) is 10.5. The maximum absolute atomic E-state index is 11.1. The van der Waals surface area contributed by atoms with Crippen LogP contribution in [0.25, 0.3) is 0 Å². The van der Waals surface area contributed by atoms with Crippen LogP contribution < -0.4 is 5.32 Å². The number of amides is 1. The molecular weight excluding hydrogens is 192 g/mol. The number of nitrogens with zero attached hydrogens (tertiary/aromatic N) is 1. The Morgan fingerprint density at radius 1 is 1.62 bits per heavy atom. The van der Waals surface area contributed by atoms with Gasteiger partial charge in [-0.2, -0.15) is 0 Å². The van der Waals surface area contributed by atoms with Crippen molar-refractivity contribution in [2.24, 2.45) is 5.16 Å². The second-order valence-corrected chi connectivity index (χ2v) is 4.88. The second kappa shape index (κ2) is 4.96. The fourth-order valence-electron chi connectivity index (χ4n) is 0.321. The van der Waals surface area contributed by atoms with Crippen LogP contribution in [0, 0.1) is 0 Å². The molecule has 0 saturated carbocycles. The first kappa shape index (κ1) is 12.1. The molecule has 0 rings (SSSR count). The lowest BCUT2D eigenvalue weighted by Crippen LogP contribution is -2.28. The van der Waals surface area contributed by atoms with Gasteiger partial charge in [-0.15, -0.1) is 0 Å². The van der Waals surface area contributed by atoms with Crippen LogP contribution in [0.15, 0.2) is 5.16 Å². The van der Waals surface area contributed by atoms with Gasteiger partial charge in [0.2, 0.25) is 0 Å². The molecule has 0 saturated heterocycles. The maximum Gasteiger partial charge on any atom is 0.433 e. The van der Waals surface area contributed by atoms with Crippen LogP contribution in [0.3, 0.4) is 0 Å². The molecule has 0 aliphatic rings. The number of nitrogens with one attached hydrogen (secondary N) is 1. The SMILES string of the molecule is CNC(=O)O/N=C\C(C)(C)S(C)=O. The topological polar surface area (TPSA) is 67.8 Å². The molecule has 0 heterocycles. The normalized spacial score (nSPS) is 14.2. The van der Waals surface area contributed by atoms with Crippen molar-refractivity contribution < 1.29 is 13.8 Å². The quantitative estimate of drug-likeness (QED) is 0.415. The van der Waals surface area contributed by atoms with Gasteiger partial charge in [-0.05, 0) is 13.8 Å². The van der Waals surface area contributed by atoms with Crippen LogP contribution in [-0.2, 0) is 15.6 Å².